The van der Waals surface area contributed by atoms with E-state index in [2.05, 4.69) is 33.2 Å². The Labute approximate surface area is 103 Å². The molecule has 0 bridgehead atoms. The molecule has 0 aliphatic carbocycles. The van der Waals surface area contributed by atoms with Gasteiger partial charge in [0.25, 0.3) is 0 Å². The van der Waals surface area contributed by atoms with Gasteiger partial charge in [0.2, 0.25) is 0 Å². The Bertz CT molecular complexity index is 366. The Balaban J connectivity index is 2.24. The molecule has 0 radical (unpaired) electrons. The van der Waals surface area contributed by atoms with Crippen molar-refractivity contribution in [3.63, 3.8) is 0 Å². The maximum atomic E-state index is 4.61. The zero-order valence-corrected chi connectivity index (χ0v) is 11.0. The first-order valence-electron chi connectivity index (χ1n) is 6.44. The Morgan fingerprint density at radius 1 is 1.53 bits per heavy atom. The largest absolute Gasteiger partial charge is 0.319 e. The van der Waals surface area contributed by atoms with E-state index < -0.39 is 0 Å². The molecule has 0 aromatic carbocycles. The van der Waals surface area contributed by atoms with Crippen LogP contribution in [0.5, 0.6) is 0 Å². The molecule has 0 spiro atoms. The Morgan fingerprint density at radius 2 is 2.35 bits per heavy atom. The van der Waals surface area contributed by atoms with Gasteiger partial charge >= 0.3 is 0 Å². The minimum Gasteiger partial charge on any atom is -0.319 e. The van der Waals surface area contributed by atoms with Crippen molar-refractivity contribution in [1.82, 2.24) is 20.2 Å². The summed E-state index contributed by atoms with van der Waals surface area (Å²) in [7, 11) is 2.02. The summed E-state index contributed by atoms with van der Waals surface area (Å²) in [6.45, 7) is 7.51. The van der Waals surface area contributed by atoms with Gasteiger partial charge in [-0.3, -0.25) is 4.90 Å². The molecular formula is C13H22N4. The van der Waals surface area contributed by atoms with Crippen molar-refractivity contribution < 1.29 is 0 Å². The third-order valence-electron chi connectivity index (χ3n) is 3.60. The summed E-state index contributed by atoms with van der Waals surface area (Å²) in [6.07, 6.45) is 3.13. The fraction of sp³-hybridized carbons (Fsp3) is 0.692. The highest BCUT2D eigenvalue weighted by Gasteiger charge is 2.34. The van der Waals surface area contributed by atoms with Crippen molar-refractivity contribution in [3.05, 3.63) is 23.8 Å². The van der Waals surface area contributed by atoms with Gasteiger partial charge in [0.1, 0.15) is 5.82 Å². The van der Waals surface area contributed by atoms with E-state index in [9.17, 15) is 0 Å². The minimum absolute atomic E-state index is 0.453. The number of hydrogen-bond acceptors (Lipinski definition) is 4. The summed E-state index contributed by atoms with van der Waals surface area (Å²) in [5.74, 6) is 1.53. The molecule has 1 N–H and O–H groups in total. The molecule has 1 fully saturated rings. The predicted octanol–water partition coefficient (Wildman–Crippen LogP) is 1.39. The number of aromatic nitrogens is 2. The quantitative estimate of drug-likeness (QED) is 0.854. The summed E-state index contributed by atoms with van der Waals surface area (Å²) in [5, 5.41) is 3.30. The fourth-order valence-corrected chi connectivity index (χ4v) is 2.83. The highest BCUT2D eigenvalue weighted by Crippen LogP contribution is 2.35. The number of aryl methyl sites for hydroxylation is 1. The van der Waals surface area contributed by atoms with Gasteiger partial charge in [-0.25, -0.2) is 9.97 Å². The molecule has 1 aromatic rings. The molecular weight excluding hydrogens is 212 g/mol. The smallest absolute Gasteiger partial charge is 0.125 e. The van der Waals surface area contributed by atoms with E-state index in [1.807, 2.05) is 20.2 Å². The molecule has 1 aromatic heterocycles. The van der Waals surface area contributed by atoms with E-state index >= 15 is 0 Å². The van der Waals surface area contributed by atoms with Crippen LogP contribution in [0, 0.1) is 12.8 Å². The molecule has 0 amide bonds. The number of nitrogens with one attached hydrogen (secondary N) is 1. The normalized spacial score (nSPS) is 25.4. The van der Waals surface area contributed by atoms with Crippen LogP contribution in [0.15, 0.2) is 12.3 Å². The second kappa shape index (κ2) is 5.56. The van der Waals surface area contributed by atoms with E-state index in [0.717, 1.165) is 18.9 Å². The molecule has 1 aliphatic heterocycles. The number of nitrogens with zero attached hydrogens (tertiary/aromatic N) is 3. The first-order valence-corrected chi connectivity index (χ1v) is 6.44. The van der Waals surface area contributed by atoms with Crippen molar-refractivity contribution in [1.29, 1.82) is 0 Å². The maximum absolute atomic E-state index is 4.61. The van der Waals surface area contributed by atoms with E-state index in [-0.39, 0.29) is 0 Å². The third kappa shape index (κ3) is 2.64. The molecule has 4 nitrogen and oxygen atoms in total. The molecule has 2 atom stereocenters. The van der Waals surface area contributed by atoms with Gasteiger partial charge < -0.3 is 5.32 Å². The average molecular weight is 234 g/mol. The minimum atomic E-state index is 0.453. The lowest BCUT2D eigenvalue weighted by Crippen LogP contribution is -2.30. The van der Waals surface area contributed by atoms with E-state index in [1.54, 1.807) is 0 Å². The van der Waals surface area contributed by atoms with Crippen LogP contribution in [0.4, 0.5) is 0 Å². The van der Waals surface area contributed by atoms with Gasteiger partial charge in [-0.15, -0.1) is 0 Å². The van der Waals surface area contributed by atoms with Crippen LogP contribution in [-0.4, -0.2) is 41.5 Å². The molecule has 2 unspecified atom stereocenters. The number of rotatable bonds is 4. The van der Waals surface area contributed by atoms with E-state index in [0.29, 0.717) is 12.0 Å². The van der Waals surface area contributed by atoms with Gasteiger partial charge in [-0.05, 0) is 52.0 Å². The SMILES string of the molecule is CCN1CCC(CNC)C1c1ccnc(C)n1. The van der Waals surface area contributed by atoms with Crippen molar-refractivity contribution in [2.24, 2.45) is 5.92 Å². The van der Waals surface area contributed by atoms with E-state index in [1.165, 1.54) is 18.7 Å². The standard InChI is InChI=1S/C13H22N4/c1-4-17-8-6-11(9-14-3)13(17)12-5-7-15-10(2)16-12/h5,7,11,13-14H,4,6,8-9H2,1-3H3. The van der Waals surface area contributed by atoms with Gasteiger partial charge in [-0.2, -0.15) is 0 Å². The number of likely N-dealkylation sites (tertiary alicyclic amines) is 1. The lowest BCUT2D eigenvalue weighted by molar-refractivity contribution is 0.233. The second-order valence-electron chi connectivity index (χ2n) is 4.71. The van der Waals surface area contributed by atoms with Crippen LogP contribution in [0.3, 0.4) is 0 Å². The third-order valence-corrected chi connectivity index (χ3v) is 3.60. The van der Waals surface area contributed by atoms with Crippen molar-refractivity contribution in [2.45, 2.75) is 26.3 Å². The van der Waals surface area contributed by atoms with Crippen LogP contribution in [0.1, 0.15) is 30.9 Å². The molecule has 0 saturated carbocycles. The van der Waals surface area contributed by atoms with Gasteiger partial charge in [0.15, 0.2) is 0 Å². The van der Waals surface area contributed by atoms with Gasteiger partial charge in [-0.1, -0.05) is 6.92 Å². The second-order valence-corrected chi connectivity index (χ2v) is 4.71. The molecule has 2 rings (SSSR count). The lowest BCUT2D eigenvalue weighted by atomic mass is 9.97. The topological polar surface area (TPSA) is 41.0 Å². The summed E-state index contributed by atoms with van der Waals surface area (Å²) >= 11 is 0. The zero-order chi connectivity index (χ0) is 12.3. The highest BCUT2D eigenvalue weighted by molar-refractivity contribution is 5.11. The monoisotopic (exact) mass is 234 g/mol. The van der Waals surface area contributed by atoms with Gasteiger partial charge in [0, 0.05) is 6.20 Å². The van der Waals surface area contributed by atoms with Crippen LogP contribution in [0.25, 0.3) is 0 Å². The van der Waals surface area contributed by atoms with Crippen LogP contribution < -0.4 is 5.32 Å². The average Bonchev–Trinajstić information content (AvgIpc) is 2.72. The summed E-state index contributed by atoms with van der Waals surface area (Å²) in [5.41, 5.74) is 1.18. The number of hydrogen-bond donors (Lipinski definition) is 1. The first-order chi connectivity index (χ1) is 8.26. The molecule has 2 heterocycles. The predicted molar refractivity (Wildman–Crippen MR) is 68.8 cm³/mol. The van der Waals surface area contributed by atoms with Gasteiger partial charge in [0.05, 0.1) is 11.7 Å². The summed E-state index contributed by atoms with van der Waals surface area (Å²) in [4.78, 5) is 11.3. The van der Waals surface area contributed by atoms with Crippen molar-refractivity contribution in [2.75, 3.05) is 26.7 Å². The molecule has 1 saturated heterocycles. The van der Waals surface area contributed by atoms with Crippen molar-refractivity contribution in [3.8, 4) is 0 Å². The Hall–Kier alpha value is -1.00. The molecule has 4 heteroatoms. The van der Waals surface area contributed by atoms with E-state index in [4.69, 9.17) is 0 Å². The molecule has 1 aliphatic rings. The fourth-order valence-electron chi connectivity index (χ4n) is 2.83. The highest BCUT2D eigenvalue weighted by atomic mass is 15.2. The maximum Gasteiger partial charge on any atom is 0.125 e. The Morgan fingerprint density at radius 3 is 3.00 bits per heavy atom. The Kier molecular flexibility index (Phi) is 4.07. The summed E-state index contributed by atoms with van der Waals surface area (Å²) in [6, 6.07) is 2.52. The van der Waals surface area contributed by atoms with Crippen LogP contribution in [-0.2, 0) is 0 Å². The molecule has 17 heavy (non-hydrogen) atoms. The van der Waals surface area contributed by atoms with Crippen molar-refractivity contribution >= 4 is 0 Å². The van der Waals surface area contributed by atoms with Crippen LogP contribution >= 0.6 is 0 Å². The molecule has 94 valence electrons. The zero-order valence-electron chi connectivity index (χ0n) is 11.0. The first kappa shape index (κ1) is 12.5. The van der Waals surface area contributed by atoms with Crippen LogP contribution in [0.2, 0.25) is 0 Å². The summed E-state index contributed by atoms with van der Waals surface area (Å²) < 4.78 is 0. The lowest BCUT2D eigenvalue weighted by Gasteiger charge is -2.26.